The van der Waals surface area contributed by atoms with Crippen molar-refractivity contribution in [2.45, 2.75) is 6.92 Å². The fraction of sp³-hybridized carbons (Fsp3) is 0.222. The molecule has 4 aromatic rings. The average Bonchev–Trinajstić information content (AvgIpc) is 3.23. The highest BCUT2D eigenvalue weighted by Crippen LogP contribution is 2.26. The number of aromatic nitrogens is 5. The van der Waals surface area contributed by atoms with Crippen molar-refractivity contribution < 1.29 is 4.52 Å². The summed E-state index contributed by atoms with van der Waals surface area (Å²) in [4.78, 5) is 29.1. The van der Waals surface area contributed by atoms with Gasteiger partial charge >= 0.3 is 5.69 Å². The number of hydrogen-bond acceptors (Lipinski definition) is 5. The van der Waals surface area contributed by atoms with E-state index in [0.29, 0.717) is 22.6 Å². The summed E-state index contributed by atoms with van der Waals surface area (Å²) in [5, 5.41) is 4.46. The molecule has 0 aliphatic carbocycles. The molecule has 0 unspecified atom stereocenters. The van der Waals surface area contributed by atoms with Crippen molar-refractivity contribution in [3.63, 3.8) is 0 Å². The summed E-state index contributed by atoms with van der Waals surface area (Å²) in [6.45, 7) is 1.99. The van der Waals surface area contributed by atoms with Crippen LogP contribution in [0.4, 0.5) is 0 Å². The van der Waals surface area contributed by atoms with Crippen molar-refractivity contribution >= 4 is 11.0 Å². The highest BCUT2D eigenvalue weighted by atomic mass is 16.5. The quantitative estimate of drug-likeness (QED) is 0.547. The Hall–Kier alpha value is -3.42. The number of aryl methyl sites for hydroxylation is 3. The minimum Gasteiger partial charge on any atom is -0.332 e. The molecule has 0 spiro atoms. The van der Waals surface area contributed by atoms with Crippen LogP contribution in [0.3, 0.4) is 0 Å². The van der Waals surface area contributed by atoms with E-state index in [2.05, 4.69) is 10.1 Å². The lowest BCUT2D eigenvalue weighted by molar-refractivity contribution is 0.429. The third-order valence-corrected chi connectivity index (χ3v) is 4.55. The molecule has 0 fully saturated rings. The van der Waals surface area contributed by atoms with Crippen molar-refractivity contribution in [1.29, 1.82) is 0 Å². The van der Waals surface area contributed by atoms with E-state index in [9.17, 15) is 9.59 Å². The highest BCUT2D eigenvalue weighted by Gasteiger charge is 2.20. The second-order valence-corrected chi connectivity index (χ2v) is 6.32. The van der Waals surface area contributed by atoms with E-state index in [1.807, 2.05) is 31.2 Å². The number of nitrogens with zero attached hydrogens (tertiary/aromatic N) is 5. The van der Waals surface area contributed by atoms with Gasteiger partial charge in [-0.2, -0.15) is 4.98 Å². The van der Waals surface area contributed by atoms with Gasteiger partial charge in [-0.15, -0.1) is 0 Å². The molecule has 8 nitrogen and oxygen atoms in total. The largest absolute Gasteiger partial charge is 0.332 e. The van der Waals surface area contributed by atoms with E-state index in [1.54, 1.807) is 24.7 Å². The van der Waals surface area contributed by atoms with Gasteiger partial charge in [-0.1, -0.05) is 28.9 Å². The average molecular weight is 351 g/mol. The Bertz CT molecular complexity index is 1270. The van der Waals surface area contributed by atoms with Gasteiger partial charge in [0.15, 0.2) is 0 Å². The van der Waals surface area contributed by atoms with E-state index >= 15 is 0 Å². The molecule has 0 aliphatic rings. The molecule has 0 radical (unpaired) electrons. The van der Waals surface area contributed by atoms with Crippen LogP contribution in [0.1, 0.15) is 5.56 Å². The molecule has 132 valence electrons. The van der Waals surface area contributed by atoms with Crippen molar-refractivity contribution in [1.82, 2.24) is 23.8 Å². The molecule has 1 aromatic carbocycles. The normalized spacial score (nSPS) is 11.4. The van der Waals surface area contributed by atoms with Gasteiger partial charge in [0, 0.05) is 26.7 Å². The van der Waals surface area contributed by atoms with E-state index in [4.69, 9.17) is 4.52 Å². The van der Waals surface area contributed by atoms with E-state index in [-0.39, 0.29) is 17.1 Å². The van der Waals surface area contributed by atoms with E-state index in [0.717, 1.165) is 15.7 Å². The molecule has 3 heterocycles. The topological polar surface area (TPSA) is 87.9 Å². The molecule has 4 rings (SSSR count). The van der Waals surface area contributed by atoms with Crippen molar-refractivity contribution in [2.75, 3.05) is 0 Å². The zero-order valence-corrected chi connectivity index (χ0v) is 14.8. The molecule has 0 aliphatic heterocycles. The lowest BCUT2D eigenvalue weighted by Crippen LogP contribution is -2.37. The van der Waals surface area contributed by atoms with Gasteiger partial charge in [0.2, 0.25) is 5.82 Å². The Kier molecular flexibility index (Phi) is 3.43. The lowest BCUT2D eigenvalue weighted by atomic mass is 10.1. The summed E-state index contributed by atoms with van der Waals surface area (Å²) < 4.78 is 9.64. The Morgan fingerprint density at radius 2 is 1.77 bits per heavy atom. The van der Waals surface area contributed by atoms with Crippen LogP contribution in [0.5, 0.6) is 0 Å². The first-order chi connectivity index (χ1) is 12.4. The molecule has 0 saturated heterocycles. The molecule has 0 amide bonds. The molecule has 0 saturated carbocycles. The van der Waals surface area contributed by atoms with Crippen molar-refractivity contribution in [2.24, 2.45) is 21.1 Å². The van der Waals surface area contributed by atoms with Gasteiger partial charge in [-0.25, -0.2) is 4.79 Å². The summed E-state index contributed by atoms with van der Waals surface area (Å²) >= 11 is 0. The molecular weight excluding hydrogens is 334 g/mol. The third kappa shape index (κ3) is 2.22. The predicted molar refractivity (Wildman–Crippen MR) is 96.9 cm³/mol. The summed E-state index contributed by atoms with van der Waals surface area (Å²) in [5.41, 5.74) is 2.27. The fourth-order valence-electron chi connectivity index (χ4n) is 3.17. The van der Waals surface area contributed by atoms with Crippen LogP contribution in [0, 0.1) is 6.92 Å². The second kappa shape index (κ2) is 5.55. The minimum atomic E-state index is -0.388. The van der Waals surface area contributed by atoms with Crippen molar-refractivity contribution in [3.8, 4) is 23.0 Å². The summed E-state index contributed by atoms with van der Waals surface area (Å²) in [7, 11) is 4.84. The lowest BCUT2D eigenvalue weighted by Gasteiger charge is -2.06. The molecular formula is C18H17N5O3. The van der Waals surface area contributed by atoms with Gasteiger partial charge in [0.25, 0.3) is 11.4 Å². The Labute approximate surface area is 147 Å². The monoisotopic (exact) mass is 351 g/mol. The molecule has 26 heavy (non-hydrogen) atoms. The fourth-order valence-corrected chi connectivity index (χ4v) is 3.17. The standard InChI is InChI=1S/C18H17N5O3/c1-10-6-5-7-11(8-10)14-19-15(26-20-14)13-9-12-16(21(13)2)22(3)18(25)23(4)17(12)24/h5-9H,1-4H3. The van der Waals surface area contributed by atoms with E-state index in [1.165, 1.54) is 11.6 Å². The molecule has 8 heteroatoms. The molecule has 0 N–H and O–H groups in total. The van der Waals surface area contributed by atoms with Crippen molar-refractivity contribution in [3.05, 3.63) is 56.7 Å². The minimum absolute atomic E-state index is 0.287. The molecule has 0 bridgehead atoms. The van der Waals surface area contributed by atoms with Gasteiger partial charge < -0.3 is 9.09 Å². The number of rotatable bonds is 2. The first kappa shape index (κ1) is 16.1. The maximum absolute atomic E-state index is 12.4. The maximum atomic E-state index is 12.4. The Balaban J connectivity index is 1.93. The third-order valence-electron chi connectivity index (χ3n) is 4.55. The summed E-state index contributed by atoms with van der Waals surface area (Å²) in [6, 6.07) is 9.46. The highest BCUT2D eigenvalue weighted by molar-refractivity contribution is 5.82. The first-order valence-corrected chi connectivity index (χ1v) is 8.05. The first-order valence-electron chi connectivity index (χ1n) is 8.05. The van der Waals surface area contributed by atoms with Crippen LogP contribution in [-0.2, 0) is 21.1 Å². The van der Waals surface area contributed by atoms with Crippen LogP contribution in [0.25, 0.3) is 34.0 Å². The molecule has 3 aromatic heterocycles. The predicted octanol–water partition coefficient (Wildman–Crippen LogP) is 1.60. The van der Waals surface area contributed by atoms with E-state index < -0.39 is 0 Å². The summed E-state index contributed by atoms with van der Waals surface area (Å²) in [5.74, 6) is 0.755. The van der Waals surface area contributed by atoms with Crippen LogP contribution in [-0.4, -0.2) is 23.8 Å². The van der Waals surface area contributed by atoms with Crippen LogP contribution in [0.2, 0.25) is 0 Å². The van der Waals surface area contributed by atoms with Crippen LogP contribution >= 0.6 is 0 Å². The molecule has 0 atom stereocenters. The summed E-state index contributed by atoms with van der Waals surface area (Å²) in [6.07, 6.45) is 0. The number of fused-ring (bicyclic) bond motifs is 1. The van der Waals surface area contributed by atoms with Gasteiger partial charge in [0.1, 0.15) is 11.3 Å². The van der Waals surface area contributed by atoms with Gasteiger partial charge in [-0.3, -0.25) is 13.9 Å². The van der Waals surface area contributed by atoms with Crippen LogP contribution < -0.4 is 11.2 Å². The number of hydrogen-bond donors (Lipinski definition) is 0. The van der Waals surface area contributed by atoms with Gasteiger partial charge in [-0.05, 0) is 19.1 Å². The van der Waals surface area contributed by atoms with Gasteiger partial charge in [0.05, 0.1) is 5.39 Å². The zero-order chi connectivity index (χ0) is 18.6. The Morgan fingerprint density at radius 3 is 2.50 bits per heavy atom. The van der Waals surface area contributed by atoms with Crippen LogP contribution in [0.15, 0.2) is 44.4 Å². The number of benzene rings is 1. The second-order valence-electron chi connectivity index (χ2n) is 6.32. The zero-order valence-electron chi connectivity index (χ0n) is 14.8. The smallest absolute Gasteiger partial charge is 0.332 e. The maximum Gasteiger partial charge on any atom is 0.332 e. The SMILES string of the molecule is Cc1cccc(-c2noc(-c3cc4c(=O)n(C)c(=O)n(C)c4n3C)n2)c1. The Morgan fingerprint density at radius 1 is 1.00 bits per heavy atom.